The maximum absolute atomic E-state index is 12.3. The normalized spacial score (nSPS) is 13.1. The molecule has 1 aliphatic heterocycles. The zero-order valence-electron chi connectivity index (χ0n) is 15.9. The van der Waals surface area contributed by atoms with Crippen LogP contribution in [-0.4, -0.2) is 51.9 Å². The molecule has 7 heteroatoms. The Balaban J connectivity index is 1.77. The average molecular weight is 371 g/mol. The molecular formula is C20H25N3O4. The highest BCUT2D eigenvalue weighted by Gasteiger charge is 2.21. The number of ether oxygens (including phenoxy) is 3. The predicted molar refractivity (Wildman–Crippen MR) is 103 cm³/mol. The van der Waals surface area contributed by atoms with Crippen LogP contribution in [0.2, 0.25) is 0 Å². The SMILES string of the molecule is COCCNC(=O)c1ccnc(N2CCc3cc(OC)c(OC)cc3C2)c1. The standard InChI is InChI=1S/C20H25N3O4/c1-25-9-7-22-20(24)15-4-6-21-19(12-15)23-8-5-14-10-17(26-2)18(27-3)11-16(14)13-23/h4,6,10-12H,5,7-9,13H2,1-3H3,(H,22,24). The molecule has 1 N–H and O–H groups in total. The molecule has 2 aromatic rings. The molecule has 0 unspecified atom stereocenters. The van der Waals surface area contributed by atoms with Gasteiger partial charge in [0.2, 0.25) is 0 Å². The van der Waals surface area contributed by atoms with Gasteiger partial charge in [-0.1, -0.05) is 0 Å². The lowest BCUT2D eigenvalue weighted by atomic mass is 9.98. The molecule has 0 aliphatic carbocycles. The molecule has 3 rings (SSSR count). The van der Waals surface area contributed by atoms with Crippen molar-refractivity contribution < 1.29 is 19.0 Å². The van der Waals surface area contributed by atoms with Crippen LogP contribution in [0, 0.1) is 0 Å². The summed E-state index contributed by atoms with van der Waals surface area (Å²) >= 11 is 0. The van der Waals surface area contributed by atoms with Crippen LogP contribution in [0.1, 0.15) is 21.5 Å². The molecule has 144 valence electrons. The van der Waals surface area contributed by atoms with Gasteiger partial charge in [0, 0.05) is 38.5 Å². The molecule has 0 spiro atoms. The highest BCUT2D eigenvalue weighted by atomic mass is 16.5. The molecule has 0 saturated heterocycles. The first-order valence-corrected chi connectivity index (χ1v) is 8.88. The summed E-state index contributed by atoms with van der Waals surface area (Å²) < 4.78 is 15.8. The molecule has 0 bridgehead atoms. The summed E-state index contributed by atoms with van der Waals surface area (Å²) in [7, 11) is 4.89. The predicted octanol–water partition coefficient (Wildman–Crippen LogP) is 2.04. The lowest BCUT2D eigenvalue weighted by molar-refractivity contribution is 0.0937. The molecule has 0 radical (unpaired) electrons. The quantitative estimate of drug-likeness (QED) is 0.751. The Kier molecular flexibility index (Phi) is 6.13. The fourth-order valence-electron chi connectivity index (χ4n) is 3.18. The van der Waals surface area contributed by atoms with E-state index in [1.807, 2.05) is 18.2 Å². The van der Waals surface area contributed by atoms with Crippen LogP contribution < -0.4 is 19.7 Å². The lowest BCUT2D eigenvalue weighted by Gasteiger charge is -2.30. The fourth-order valence-corrected chi connectivity index (χ4v) is 3.18. The molecule has 0 fully saturated rings. The van der Waals surface area contributed by atoms with Crippen molar-refractivity contribution in [2.75, 3.05) is 45.9 Å². The third-order valence-electron chi connectivity index (χ3n) is 4.64. The molecule has 2 heterocycles. The largest absolute Gasteiger partial charge is 0.493 e. The van der Waals surface area contributed by atoms with E-state index in [1.54, 1.807) is 33.6 Å². The maximum Gasteiger partial charge on any atom is 0.251 e. The second kappa shape index (κ2) is 8.73. The third-order valence-corrected chi connectivity index (χ3v) is 4.64. The van der Waals surface area contributed by atoms with Crippen LogP contribution in [0.15, 0.2) is 30.5 Å². The average Bonchev–Trinajstić information content (AvgIpc) is 2.72. The Labute approximate surface area is 159 Å². The second-order valence-electron chi connectivity index (χ2n) is 6.30. The van der Waals surface area contributed by atoms with Gasteiger partial charge in [0.15, 0.2) is 11.5 Å². The number of pyridine rings is 1. The van der Waals surface area contributed by atoms with Crippen LogP contribution in [0.25, 0.3) is 0 Å². The van der Waals surface area contributed by atoms with Gasteiger partial charge in [-0.3, -0.25) is 4.79 Å². The molecular weight excluding hydrogens is 346 g/mol. The number of carbonyl (C=O) groups is 1. The first-order valence-electron chi connectivity index (χ1n) is 8.88. The topological polar surface area (TPSA) is 72.9 Å². The molecule has 1 amide bonds. The first kappa shape index (κ1) is 19.0. The van der Waals surface area contributed by atoms with Gasteiger partial charge < -0.3 is 24.4 Å². The number of hydrogen-bond acceptors (Lipinski definition) is 6. The summed E-state index contributed by atoms with van der Waals surface area (Å²) in [5.74, 6) is 2.13. The van der Waals surface area contributed by atoms with Crippen LogP contribution in [-0.2, 0) is 17.7 Å². The summed E-state index contributed by atoms with van der Waals surface area (Å²) in [6.07, 6.45) is 2.55. The van der Waals surface area contributed by atoms with Gasteiger partial charge in [-0.2, -0.15) is 0 Å². The number of amides is 1. The van der Waals surface area contributed by atoms with Crippen molar-refractivity contribution in [3.63, 3.8) is 0 Å². The van der Waals surface area contributed by atoms with Crippen molar-refractivity contribution in [1.29, 1.82) is 0 Å². The number of benzene rings is 1. The number of rotatable bonds is 7. The maximum atomic E-state index is 12.3. The first-order chi connectivity index (χ1) is 13.2. The minimum atomic E-state index is -0.125. The number of nitrogens with zero attached hydrogens (tertiary/aromatic N) is 2. The van der Waals surface area contributed by atoms with Crippen molar-refractivity contribution in [2.24, 2.45) is 0 Å². The summed E-state index contributed by atoms with van der Waals surface area (Å²) in [5.41, 5.74) is 3.02. The van der Waals surface area contributed by atoms with E-state index in [1.165, 1.54) is 11.1 Å². The highest BCUT2D eigenvalue weighted by molar-refractivity contribution is 5.94. The van der Waals surface area contributed by atoms with E-state index in [0.29, 0.717) is 25.3 Å². The summed E-state index contributed by atoms with van der Waals surface area (Å²) in [6.45, 7) is 2.49. The summed E-state index contributed by atoms with van der Waals surface area (Å²) in [5, 5.41) is 2.83. The van der Waals surface area contributed by atoms with Crippen molar-refractivity contribution >= 4 is 11.7 Å². The second-order valence-corrected chi connectivity index (χ2v) is 6.30. The number of anilines is 1. The molecule has 0 saturated carbocycles. The minimum Gasteiger partial charge on any atom is -0.493 e. The Hall–Kier alpha value is -2.80. The van der Waals surface area contributed by atoms with Crippen LogP contribution in [0.4, 0.5) is 5.82 Å². The monoisotopic (exact) mass is 371 g/mol. The van der Waals surface area contributed by atoms with E-state index in [-0.39, 0.29) is 5.91 Å². The molecule has 1 aromatic carbocycles. The summed E-state index contributed by atoms with van der Waals surface area (Å²) in [4.78, 5) is 18.9. The molecule has 7 nitrogen and oxygen atoms in total. The van der Waals surface area contributed by atoms with Gasteiger partial charge in [0.25, 0.3) is 5.91 Å². The smallest absolute Gasteiger partial charge is 0.251 e. The molecule has 1 aromatic heterocycles. The number of fused-ring (bicyclic) bond motifs is 1. The number of carbonyl (C=O) groups excluding carboxylic acids is 1. The van der Waals surface area contributed by atoms with E-state index in [2.05, 4.69) is 15.2 Å². The van der Waals surface area contributed by atoms with Gasteiger partial charge in [0.05, 0.1) is 20.8 Å². The van der Waals surface area contributed by atoms with E-state index >= 15 is 0 Å². The highest BCUT2D eigenvalue weighted by Crippen LogP contribution is 2.34. The van der Waals surface area contributed by atoms with Gasteiger partial charge in [-0.15, -0.1) is 0 Å². The molecule has 27 heavy (non-hydrogen) atoms. The van der Waals surface area contributed by atoms with Crippen molar-refractivity contribution in [2.45, 2.75) is 13.0 Å². The van der Waals surface area contributed by atoms with E-state index in [0.717, 1.165) is 30.3 Å². The van der Waals surface area contributed by atoms with Gasteiger partial charge in [-0.05, 0) is 41.8 Å². The van der Waals surface area contributed by atoms with Crippen molar-refractivity contribution in [1.82, 2.24) is 10.3 Å². The Morgan fingerprint density at radius 2 is 1.89 bits per heavy atom. The zero-order chi connectivity index (χ0) is 19.2. The van der Waals surface area contributed by atoms with E-state index < -0.39 is 0 Å². The number of hydrogen-bond donors (Lipinski definition) is 1. The van der Waals surface area contributed by atoms with E-state index in [4.69, 9.17) is 14.2 Å². The lowest BCUT2D eigenvalue weighted by Crippen LogP contribution is -2.32. The summed E-state index contributed by atoms with van der Waals surface area (Å²) in [6, 6.07) is 7.60. The fraction of sp³-hybridized carbons (Fsp3) is 0.400. The Bertz CT molecular complexity index is 810. The van der Waals surface area contributed by atoms with Crippen molar-refractivity contribution in [3.05, 3.63) is 47.2 Å². The number of nitrogens with one attached hydrogen (secondary N) is 1. The van der Waals surface area contributed by atoms with Gasteiger partial charge >= 0.3 is 0 Å². The Morgan fingerprint density at radius 3 is 2.59 bits per heavy atom. The molecule has 0 atom stereocenters. The van der Waals surface area contributed by atoms with Crippen LogP contribution in [0.3, 0.4) is 0 Å². The minimum absolute atomic E-state index is 0.125. The van der Waals surface area contributed by atoms with Gasteiger partial charge in [0.1, 0.15) is 5.82 Å². The zero-order valence-corrected chi connectivity index (χ0v) is 15.9. The van der Waals surface area contributed by atoms with E-state index in [9.17, 15) is 4.79 Å². The Morgan fingerprint density at radius 1 is 1.15 bits per heavy atom. The van der Waals surface area contributed by atoms with Gasteiger partial charge in [-0.25, -0.2) is 4.98 Å². The number of methoxy groups -OCH3 is 3. The van der Waals surface area contributed by atoms with Crippen LogP contribution in [0.5, 0.6) is 11.5 Å². The molecule has 1 aliphatic rings. The third kappa shape index (κ3) is 4.31. The van der Waals surface area contributed by atoms with Crippen molar-refractivity contribution in [3.8, 4) is 11.5 Å². The number of aromatic nitrogens is 1. The van der Waals surface area contributed by atoms with Crippen LogP contribution >= 0.6 is 0 Å².